The molecule has 0 unspecified atom stereocenters. The number of benzene rings is 2. The van der Waals surface area contributed by atoms with Crippen LogP contribution in [0.15, 0.2) is 73.2 Å². The third-order valence-electron chi connectivity index (χ3n) is 5.43. The molecule has 3 aromatic rings. The van der Waals surface area contributed by atoms with E-state index in [2.05, 4.69) is 68.7 Å². The quantitative estimate of drug-likeness (QED) is 0.693. The second-order valence-electron chi connectivity index (χ2n) is 7.52. The van der Waals surface area contributed by atoms with Crippen molar-refractivity contribution in [3.8, 4) is 0 Å². The first-order valence-electron chi connectivity index (χ1n) is 10.3. The SMILES string of the molecule is CC(=O)Nc1ncncc1C(=O)N1CCN(C(c2ccccc2)c2ccccc2)CC1. The number of nitrogens with one attached hydrogen (secondary N) is 1. The van der Waals surface area contributed by atoms with Crippen LogP contribution in [-0.4, -0.2) is 57.8 Å². The van der Waals surface area contributed by atoms with Gasteiger partial charge in [-0.15, -0.1) is 0 Å². The van der Waals surface area contributed by atoms with E-state index < -0.39 is 0 Å². The molecule has 0 atom stereocenters. The van der Waals surface area contributed by atoms with E-state index in [-0.39, 0.29) is 23.7 Å². The van der Waals surface area contributed by atoms with Crippen LogP contribution in [0.25, 0.3) is 0 Å². The molecule has 158 valence electrons. The second-order valence-corrected chi connectivity index (χ2v) is 7.52. The number of carbonyl (C=O) groups is 2. The van der Waals surface area contributed by atoms with Crippen LogP contribution >= 0.6 is 0 Å². The minimum Gasteiger partial charge on any atom is -0.336 e. The van der Waals surface area contributed by atoms with Gasteiger partial charge in [0, 0.05) is 39.3 Å². The molecule has 7 heteroatoms. The Kier molecular flexibility index (Phi) is 6.33. The maximum Gasteiger partial charge on any atom is 0.259 e. The summed E-state index contributed by atoms with van der Waals surface area (Å²) in [4.78, 5) is 36.8. The minimum atomic E-state index is -0.272. The number of piperazine rings is 1. The van der Waals surface area contributed by atoms with E-state index in [9.17, 15) is 9.59 Å². The molecule has 1 saturated heterocycles. The van der Waals surface area contributed by atoms with Gasteiger partial charge in [-0.25, -0.2) is 9.97 Å². The summed E-state index contributed by atoms with van der Waals surface area (Å²) in [5, 5.41) is 2.62. The molecule has 7 nitrogen and oxygen atoms in total. The van der Waals surface area contributed by atoms with E-state index in [1.54, 1.807) is 4.90 Å². The van der Waals surface area contributed by atoms with Gasteiger partial charge in [0.05, 0.1) is 6.04 Å². The Morgan fingerprint density at radius 2 is 1.48 bits per heavy atom. The van der Waals surface area contributed by atoms with E-state index in [0.717, 1.165) is 13.1 Å². The van der Waals surface area contributed by atoms with E-state index in [0.29, 0.717) is 18.7 Å². The molecule has 2 aromatic carbocycles. The van der Waals surface area contributed by atoms with Gasteiger partial charge in [-0.3, -0.25) is 14.5 Å². The average Bonchev–Trinajstić information content (AvgIpc) is 2.81. The second kappa shape index (κ2) is 9.49. The summed E-state index contributed by atoms with van der Waals surface area (Å²) in [6.45, 7) is 4.04. The fourth-order valence-corrected chi connectivity index (χ4v) is 3.99. The Balaban J connectivity index is 1.51. The lowest BCUT2D eigenvalue weighted by Gasteiger charge is -2.39. The maximum absolute atomic E-state index is 13.1. The van der Waals surface area contributed by atoms with Gasteiger partial charge in [0.25, 0.3) is 5.91 Å². The Bertz CT molecular complexity index is 995. The highest BCUT2D eigenvalue weighted by Gasteiger charge is 2.29. The van der Waals surface area contributed by atoms with E-state index in [1.807, 2.05) is 12.1 Å². The van der Waals surface area contributed by atoms with Gasteiger partial charge in [-0.05, 0) is 11.1 Å². The molecule has 1 aliphatic heterocycles. The molecule has 0 radical (unpaired) electrons. The number of carbonyl (C=O) groups excluding carboxylic acids is 2. The predicted octanol–water partition coefficient (Wildman–Crippen LogP) is 2.98. The summed E-state index contributed by atoms with van der Waals surface area (Å²) < 4.78 is 0. The molecule has 31 heavy (non-hydrogen) atoms. The zero-order valence-corrected chi connectivity index (χ0v) is 17.4. The first-order chi connectivity index (χ1) is 15.1. The normalized spacial score (nSPS) is 14.5. The molecule has 4 rings (SSSR count). The van der Waals surface area contributed by atoms with Gasteiger partial charge in [0.15, 0.2) is 0 Å². The molecule has 0 spiro atoms. The number of rotatable bonds is 5. The van der Waals surface area contributed by atoms with Crippen LogP contribution in [0.5, 0.6) is 0 Å². The van der Waals surface area contributed by atoms with Crippen molar-refractivity contribution in [2.45, 2.75) is 13.0 Å². The molecule has 2 amide bonds. The van der Waals surface area contributed by atoms with Crippen LogP contribution < -0.4 is 5.32 Å². The highest BCUT2D eigenvalue weighted by Crippen LogP contribution is 2.29. The molecule has 1 N–H and O–H groups in total. The monoisotopic (exact) mass is 415 g/mol. The first kappa shape index (κ1) is 20.7. The number of amides is 2. The van der Waals surface area contributed by atoms with E-state index in [4.69, 9.17) is 0 Å². The minimum absolute atomic E-state index is 0.134. The average molecular weight is 415 g/mol. The van der Waals surface area contributed by atoms with Crippen molar-refractivity contribution >= 4 is 17.6 Å². The summed E-state index contributed by atoms with van der Waals surface area (Å²) in [6, 6.07) is 21.0. The lowest BCUT2D eigenvalue weighted by molar-refractivity contribution is -0.114. The molecule has 1 aliphatic rings. The van der Waals surface area contributed by atoms with Crippen molar-refractivity contribution in [1.82, 2.24) is 19.8 Å². The summed E-state index contributed by atoms with van der Waals surface area (Å²) in [5.41, 5.74) is 2.78. The number of anilines is 1. The molecule has 2 heterocycles. The zero-order chi connectivity index (χ0) is 21.6. The van der Waals surface area contributed by atoms with Crippen LogP contribution in [0.1, 0.15) is 34.5 Å². The summed E-state index contributed by atoms with van der Waals surface area (Å²) in [6.07, 6.45) is 2.79. The van der Waals surface area contributed by atoms with E-state index in [1.165, 1.54) is 30.6 Å². The third kappa shape index (κ3) is 4.78. The fourth-order valence-electron chi connectivity index (χ4n) is 3.99. The Morgan fingerprint density at radius 1 is 0.903 bits per heavy atom. The van der Waals surface area contributed by atoms with Crippen LogP contribution in [0.3, 0.4) is 0 Å². The van der Waals surface area contributed by atoms with Crippen molar-refractivity contribution < 1.29 is 9.59 Å². The van der Waals surface area contributed by atoms with Gasteiger partial charge in [0.1, 0.15) is 17.7 Å². The van der Waals surface area contributed by atoms with Crippen molar-refractivity contribution in [3.05, 3.63) is 89.9 Å². The topological polar surface area (TPSA) is 78.4 Å². The number of aromatic nitrogens is 2. The lowest BCUT2D eigenvalue weighted by Crippen LogP contribution is -2.50. The standard InChI is InChI=1S/C24H25N5O2/c1-18(30)27-23-21(16-25-17-26-23)24(31)29-14-12-28(13-15-29)22(19-8-4-2-5-9-19)20-10-6-3-7-11-20/h2-11,16-17,22H,12-15H2,1H3,(H,25,26,27,30). The number of nitrogens with zero attached hydrogens (tertiary/aromatic N) is 4. The molecule has 0 saturated carbocycles. The van der Waals surface area contributed by atoms with Crippen LogP contribution in [0.4, 0.5) is 5.82 Å². The summed E-state index contributed by atoms with van der Waals surface area (Å²) in [5.74, 6) is -0.188. The Hall–Kier alpha value is -3.58. The highest BCUT2D eigenvalue weighted by molar-refractivity contribution is 6.02. The molecular weight excluding hydrogens is 390 g/mol. The van der Waals surface area contributed by atoms with Gasteiger partial charge < -0.3 is 10.2 Å². The number of hydrogen-bond acceptors (Lipinski definition) is 5. The summed E-state index contributed by atoms with van der Waals surface area (Å²) >= 11 is 0. The van der Waals surface area contributed by atoms with Crippen LogP contribution in [-0.2, 0) is 4.79 Å². The highest BCUT2D eigenvalue weighted by atomic mass is 16.2. The number of hydrogen-bond donors (Lipinski definition) is 1. The van der Waals surface area contributed by atoms with Crippen molar-refractivity contribution in [1.29, 1.82) is 0 Å². The smallest absolute Gasteiger partial charge is 0.259 e. The zero-order valence-electron chi connectivity index (χ0n) is 17.4. The van der Waals surface area contributed by atoms with E-state index >= 15 is 0 Å². The van der Waals surface area contributed by atoms with Gasteiger partial charge >= 0.3 is 0 Å². The molecule has 0 bridgehead atoms. The molecule has 1 fully saturated rings. The molecular formula is C24H25N5O2. The van der Waals surface area contributed by atoms with Gasteiger partial charge in [0.2, 0.25) is 5.91 Å². The fraction of sp³-hybridized carbons (Fsp3) is 0.250. The van der Waals surface area contributed by atoms with Crippen molar-refractivity contribution in [2.24, 2.45) is 0 Å². The van der Waals surface area contributed by atoms with Gasteiger partial charge in [-0.2, -0.15) is 0 Å². The van der Waals surface area contributed by atoms with Crippen molar-refractivity contribution in [2.75, 3.05) is 31.5 Å². The maximum atomic E-state index is 13.1. The first-order valence-corrected chi connectivity index (χ1v) is 10.3. The largest absolute Gasteiger partial charge is 0.336 e. The van der Waals surface area contributed by atoms with Crippen LogP contribution in [0.2, 0.25) is 0 Å². The molecule has 0 aliphatic carbocycles. The Labute approximate surface area is 181 Å². The lowest BCUT2D eigenvalue weighted by atomic mass is 9.96. The third-order valence-corrected chi connectivity index (χ3v) is 5.43. The predicted molar refractivity (Wildman–Crippen MR) is 119 cm³/mol. The Morgan fingerprint density at radius 3 is 2.03 bits per heavy atom. The van der Waals surface area contributed by atoms with Crippen molar-refractivity contribution in [3.63, 3.8) is 0 Å². The molecule has 1 aromatic heterocycles. The van der Waals surface area contributed by atoms with Crippen LogP contribution in [0, 0.1) is 0 Å². The summed E-state index contributed by atoms with van der Waals surface area (Å²) in [7, 11) is 0. The van der Waals surface area contributed by atoms with Gasteiger partial charge in [-0.1, -0.05) is 60.7 Å².